The molecule has 1 fully saturated rings. The number of imidazole rings is 1. The Hall–Kier alpha value is -3.76. The van der Waals surface area contributed by atoms with Gasteiger partial charge in [-0.05, 0) is 48.4 Å². The number of carbonyl (C=O) groups is 1. The van der Waals surface area contributed by atoms with Crippen molar-refractivity contribution in [3.63, 3.8) is 0 Å². The maximum absolute atomic E-state index is 13.6. The third-order valence-electron chi connectivity index (χ3n) is 6.18. The Kier molecular flexibility index (Phi) is 6.46. The summed E-state index contributed by atoms with van der Waals surface area (Å²) in [5.74, 6) is -0.497. The van der Waals surface area contributed by atoms with E-state index in [1.807, 2.05) is 16.2 Å². The number of aryl methyl sites for hydroxylation is 1. The van der Waals surface area contributed by atoms with Gasteiger partial charge in [-0.25, -0.2) is 4.98 Å². The van der Waals surface area contributed by atoms with Crippen LogP contribution in [-0.4, -0.2) is 51.5 Å². The van der Waals surface area contributed by atoms with Gasteiger partial charge in [0.15, 0.2) is 5.65 Å². The van der Waals surface area contributed by atoms with E-state index in [0.717, 1.165) is 29.0 Å². The second-order valence-corrected chi connectivity index (χ2v) is 8.74. The first-order valence-electron chi connectivity index (χ1n) is 11.5. The second kappa shape index (κ2) is 9.71. The summed E-state index contributed by atoms with van der Waals surface area (Å²) in [4.78, 5) is 23.6. The van der Waals surface area contributed by atoms with E-state index in [9.17, 15) is 18.0 Å². The molecular formula is C26H24F3N5O2. The first-order valence-corrected chi connectivity index (χ1v) is 11.5. The number of morpholine rings is 1. The molecule has 1 aliphatic rings. The summed E-state index contributed by atoms with van der Waals surface area (Å²) >= 11 is 0. The van der Waals surface area contributed by atoms with Gasteiger partial charge in [-0.1, -0.05) is 6.07 Å². The number of nitrogens with one attached hydrogen (secondary N) is 1. The van der Waals surface area contributed by atoms with Gasteiger partial charge in [0, 0.05) is 48.8 Å². The van der Waals surface area contributed by atoms with E-state index in [2.05, 4.69) is 15.3 Å². The summed E-state index contributed by atoms with van der Waals surface area (Å²) in [5, 5.41) is 2.66. The van der Waals surface area contributed by atoms with Gasteiger partial charge in [0.1, 0.15) is 0 Å². The molecule has 0 spiro atoms. The van der Waals surface area contributed by atoms with E-state index in [0.29, 0.717) is 49.6 Å². The molecule has 1 aliphatic heterocycles. The molecule has 7 nitrogen and oxygen atoms in total. The molecule has 2 aromatic heterocycles. The number of rotatable bonds is 5. The van der Waals surface area contributed by atoms with Crippen LogP contribution in [0, 0.1) is 6.92 Å². The van der Waals surface area contributed by atoms with Crippen LogP contribution in [0.25, 0.3) is 16.9 Å². The minimum atomic E-state index is -4.53. The minimum absolute atomic E-state index is 0.0982. The monoisotopic (exact) mass is 495 g/mol. The van der Waals surface area contributed by atoms with Crippen LogP contribution in [0.3, 0.4) is 0 Å². The van der Waals surface area contributed by atoms with Crippen molar-refractivity contribution in [3.8, 4) is 11.3 Å². The Morgan fingerprint density at radius 1 is 1.11 bits per heavy atom. The molecule has 2 aromatic carbocycles. The maximum atomic E-state index is 13.6. The molecule has 5 rings (SSSR count). The van der Waals surface area contributed by atoms with Crippen LogP contribution >= 0.6 is 0 Å². The number of alkyl halides is 3. The topological polar surface area (TPSA) is 71.8 Å². The van der Waals surface area contributed by atoms with E-state index in [-0.39, 0.29) is 5.69 Å². The molecule has 0 atom stereocenters. The fraction of sp³-hybridized carbons (Fsp3) is 0.269. The number of halogens is 3. The Labute approximate surface area is 205 Å². The van der Waals surface area contributed by atoms with Crippen molar-refractivity contribution in [2.75, 3.05) is 31.6 Å². The van der Waals surface area contributed by atoms with Gasteiger partial charge >= 0.3 is 6.18 Å². The van der Waals surface area contributed by atoms with Crippen LogP contribution in [-0.2, 0) is 17.5 Å². The highest BCUT2D eigenvalue weighted by Gasteiger charge is 2.31. The Balaban J connectivity index is 1.43. The molecule has 4 aromatic rings. The third kappa shape index (κ3) is 5.09. The number of hydrogen-bond donors (Lipinski definition) is 1. The van der Waals surface area contributed by atoms with Crippen molar-refractivity contribution < 1.29 is 22.7 Å². The average Bonchev–Trinajstić information content (AvgIpc) is 3.28. The lowest BCUT2D eigenvalue weighted by molar-refractivity contribution is -0.137. The Morgan fingerprint density at radius 3 is 2.69 bits per heavy atom. The standard InChI is InChI=1S/C26H24F3N5O2/c1-17-2-3-19(12-22(17)23-14-31-24-15-30-4-5-34(23)24)25(35)32-21-11-18(10-20(13-21)26(27,28)29)16-33-6-8-36-9-7-33/h2-5,10-15H,6-9,16H2,1H3,(H,32,35). The molecule has 1 saturated heterocycles. The first kappa shape index (κ1) is 24.0. The predicted molar refractivity (Wildman–Crippen MR) is 129 cm³/mol. The van der Waals surface area contributed by atoms with Gasteiger partial charge in [-0.15, -0.1) is 0 Å². The number of nitrogens with zero attached hydrogens (tertiary/aromatic N) is 4. The van der Waals surface area contributed by atoms with Crippen molar-refractivity contribution in [2.24, 2.45) is 0 Å². The van der Waals surface area contributed by atoms with Crippen molar-refractivity contribution in [3.05, 3.63) is 83.4 Å². The average molecular weight is 496 g/mol. The number of benzene rings is 2. The zero-order valence-corrected chi connectivity index (χ0v) is 19.5. The summed E-state index contributed by atoms with van der Waals surface area (Å²) < 4.78 is 48.0. The molecule has 0 saturated carbocycles. The largest absolute Gasteiger partial charge is 0.416 e. The number of aromatic nitrogens is 3. The highest BCUT2D eigenvalue weighted by molar-refractivity contribution is 6.05. The molecule has 0 bridgehead atoms. The Bertz CT molecular complexity index is 1410. The molecule has 36 heavy (non-hydrogen) atoms. The highest BCUT2D eigenvalue weighted by Crippen LogP contribution is 2.33. The smallest absolute Gasteiger partial charge is 0.379 e. The number of hydrogen-bond acceptors (Lipinski definition) is 5. The van der Waals surface area contributed by atoms with Gasteiger partial charge in [-0.3, -0.25) is 19.1 Å². The molecule has 0 radical (unpaired) electrons. The number of amides is 1. The number of anilines is 1. The number of ether oxygens (including phenoxy) is 1. The Morgan fingerprint density at radius 2 is 1.92 bits per heavy atom. The van der Waals surface area contributed by atoms with Gasteiger partial charge in [0.05, 0.1) is 36.9 Å². The van der Waals surface area contributed by atoms with Crippen LogP contribution in [0.4, 0.5) is 18.9 Å². The summed E-state index contributed by atoms with van der Waals surface area (Å²) in [5.41, 5.74) is 3.27. The second-order valence-electron chi connectivity index (χ2n) is 8.74. The lowest BCUT2D eigenvalue weighted by Crippen LogP contribution is -2.35. The lowest BCUT2D eigenvalue weighted by Gasteiger charge is -2.27. The van der Waals surface area contributed by atoms with Gasteiger partial charge in [-0.2, -0.15) is 13.2 Å². The lowest BCUT2D eigenvalue weighted by atomic mass is 10.0. The van der Waals surface area contributed by atoms with Gasteiger partial charge in [0.25, 0.3) is 5.91 Å². The van der Waals surface area contributed by atoms with E-state index in [4.69, 9.17) is 4.74 Å². The maximum Gasteiger partial charge on any atom is 0.416 e. The molecule has 10 heteroatoms. The fourth-order valence-corrected chi connectivity index (χ4v) is 4.32. The summed E-state index contributed by atoms with van der Waals surface area (Å²) in [6, 6.07) is 8.87. The molecular weight excluding hydrogens is 471 g/mol. The zero-order chi connectivity index (χ0) is 25.3. The van der Waals surface area contributed by atoms with E-state index < -0.39 is 17.6 Å². The first-order chi connectivity index (χ1) is 17.3. The zero-order valence-electron chi connectivity index (χ0n) is 19.5. The van der Waals surface area contributed by atoms with Crippen LogP contribution < -0.4 is 5.32 Å². The van der Waals surface area contributed by atoms with Gasteiger partial charge < -0.3 is 10.1 Å². The van der Waals surface area contributed by atoms with E-state index >= 15 is 0 Å². The van der Waals surface area contributed by atoms with Crippen molar-refractivity contribution in [1.82, 2.24) is 19.3 Å². The molecule has 0 aliphatic carbocycles. The number of fused-ring (bicyclic) bond motifs is 1. The molecule has 186 valence electrons. The fourth-order valence-electron chi connectivity index (χ4n) is 4.32. The molecule has 3 heterocycles. The predicted octanol–water partition coefficient (Wildman–Crippen LogP) is 4.81. The van der Waals surface area contributed by atoms with E-state index in [1.54, 1.807) is 49.1 Å². The highest BCUT2D eigenvalue weighted by atomic mass is 19.4. The quantitative estimate of drug-likeness (QED) is 0.430. The van der Waals surface area contributed by atoms with Crippen molar-refractivity contribution in [1.29, 1.82) is 0 Å². The van der Waals surface area contributed by atoms with Gasteiger partial charge in [0.2, 0.25) is 0 Å². The van der Waals surface area contributed by atoms with Crippen molar-refractivity contribution >= 4 is 17.2 Å². The summed E-state index contributed by atoms with van der Waals surface area (Å²) in [6.45, 7) is 4.63. The van der Waals surface area contributed by atoms with Crippen LogP contribution in [0.1, 0.15) is 27.0 Å². The summed E-state index contributed by atoms with van der Waals surface area (Å²) in [6.07, 6.45) is 2.23. The van der Waals surface area contributed by atoms with E-state index in [1.165, 1.54) is 0 Å². The minimum Gasteiger partial charge on any atom is -0.379 e. The number of carbonyl (C=O) groups excluding carboxylic acids is 1. The molecule has 1 N–H and O–H groups in total. The van der Waals surface area contributed by atoms with Crippen LogP contribution in [0.5, 0.6) is 0 Å². The third-order valence-corrected chi connectivity index (χ3v) is 6.18. The van der Waals surface area contributed by atoms with Crippen LogP contribution in [0.15, 0.2) is 61.2 Å². The SMILES string of the molecule is Cc1ccc(C(=O)Nc2cc(CN3CCOCC3)cc(C(F)(F)F)c2)cc1-c1cnc2cnccn12. The normalized spacial score (nSPS) is 14.8. The van der Waals surface area contributed by atoms with Crippen LogP contribution in [0.2, 0.25) is 0 Å². The molecule has 1 amide bonds. The summed E-state index contributed by atoms with van der Waals surface area (Å²) in [7, 11) is 0. The van der Waals surface area contributed by atoms with Crippen molar-refractivity contribution in [2.45, 2.75) is 19.6 Å². The molecule has 0 unspecified atom stereocenters.